The molecule has 0 aromatic heterocycles. The van der Waals surface area contributed by atoms with Crippen LogP contribution in [0.4, 0.5) is 0 Å². The zero-order valence-corrected chi connectivity index (χ0v) is 12.1. The number of rotatable bonds is 0. The standard InChI is InChI=1S/C16H27N/c1-11-12(2)16(11)15(5)7-13(3)6-14(4,8-15)10-17(16)9-13/h11-12H,6-10H2,1-5H3/t11-,12+,13-,14+,15?,16?. The smallest absolute Gasteiger partial charge is 0.0321 e. The zero-order valence-electron chi connectivity index (χ0n) is 12.1. The Bertz CT molecular complexity index is 372. The molecule has 0 aromatic rings. The summed E-state index contributed by atoms with van der Waals surface area (Å²) in [5, 5.41) is 0. The number of hydrogen-bond acceptors (Lipinski definition) is 1. The van der Waals surface area contributed by atoms with Gasteiger partial charge in [0.15, 0.2) is 0 Å². The van der Waals surface area contributed by atoms with Crippen LogP contribution in [0.15, 0.2) is 0 Å². The number of nitrogens with zero attached hydrogens (tertiary/aromatic N) is 1. The monoisotopic (exact) mass is 233 g/mol. The average Bonchev–Trinajstić information content (AvgIpc) is 2.63. The molecule has 96 valence electrons. The third-order valence-electron chi connectivity index (χ3n) is 7.15. The van der Waals surface area contributed by atoms with Crippen LogP contribution >= 0.6 is 0 Å². The van der Waals surface area contributed by atoms with Gasteiger partial charge in [0.25, 0.3) is 0 Å². The second-order valence-corrected chi connectivity index (χ2v) is 8.97. The van der Waals surface area contributed by atoms with Gasteiger partial charge in [0.1, 0.15) is 0 Å². The van der Waals surface area contributed by atoms with Crippen LogP contribution in [0, 0.1) is 28.1 Å². The van der Waals surface area contributed by atoms with E-state index in [9.17, 15) is 0 Å². The van der Waals surface area contributed by atoms with Gasteiger partial charge in [-0.3, -0.25) is 4.90 Å². The SMILES string of the molecule is C[C@@H]1[C@H](C)C12N1C[C@@]3(C)CC2(C)C[C@@](C)(C1)C3. The molecule has 3 aliphatic heterocycles. The van der Waals surface area contributed by atoms with E-state index in [2.05, 4.69) is 39.5 Å². The third kappa shape index (κ3) is 0.959. The largest absolute Gasteiger partial charge is 0.295 e. The average molecular weight is 233 g/mol. The fourth-order valence-electron chi connectivity index (χ4n) is 7.66. The molecule has 5 fully saturated rings. The molecule has 5 rings (SSSR count). The molecule has 0 N–H and O–H groups in total. The first-order valence-electron chi connectivity index (χ1n) is 7.50. The van der Waals surface area contributed by atoms with E-state index >= 15 is 0 Å². The van der Waals surface area contributed by atoms with Gasteiger partial charge in [-0.1, -0.05) is 34.6 Å². The highest BCUT2D eigenvalue weighted by atomic mass is 15.3. The van der Waals surface area contributed by atoms with Crippen molar-refractivity contribution in [3.05, 3.63) is 0 Å². The van der Waals surface area contributed by atoms with Crippen molar-refractivity contribution >= 4 is 0 Å². The number of hydrogen-bond donors (Lipinski definition) is 0. The van der Waals surface area contributed by atoms with Gasteiger partial charge in [0.2, 0.25) is 0 Å². The van der Waals surface area contributed by atoms with Gasteiger partial charge in [-0.15, -0.1) is 0 Å². The van der Waals surface area contributed by atoms with Gasteiger partial charge in [-0.05, 0) is 47.3 Å². The molecular formula is C16H27N. The summed E-state index contributed by atoms with van der Waals surface area (Å²) in [5.74, 6) is 1.86. The van der Waals surface area contributed by atoms with Crippen LogP contribution in [0.1, 0.15) is 53.9 Å². The van der Waals surface area contributed by atoms with Crippen molar-refractivity contribution in [2.45, 2.75) is 59.4 Å². The Balaban J connectivity index is 1.86. The summed E-state index contributed by atoms with van der Waals surface area (Å²) in [6.07, 6.45) is 4.45. The molecule has 17 heavy (non-hydrogen) atoms. The molecule has 2 aliphatic carbocycles. The lowest BCUT2D eigenvalue weighted by atomic mass is 9.45. The van der Waals surface area contributed by atoms with Crippen LogP contribution < -0.4 is 0 Å². The molecule has 7 atom stereocenters. The predicted molar refractivity (Wildman–Crippen MR) is 70.8 cm³/mol. The topological polar surface area (TPSA) is 3.24 Å². The van der Waals surface area contributed by atoms with E-state index in [-0.39, 0.29) is 0 Å². The molecular weight excluding hydrogens is 206 g/mol. The van der Waals surface area contributed by atoms with Crippen LogP contribution in [-0.2, 0) is 0 Å². The predicted octanol–water partition coefficient (Wildman–Crippen LogP) is 3.54. The van der Waals surface area contributed by atoms with Crippen molar-refractivity contribution in [2.24, 2.45) is 28.1 Å². The summed E-state index contributed by atoms with van der Waals surface area (Å²) in [6, 6.07) is 0. The van der Waals surface area contributed by atoms with Crippen molar-refractivity contribution in [1.29, 1.82) is 0 Å². The molecule has 5 aliphatic rings. The van der Waals surface area contributed by atoms with Gasteiger partial charge >= 0.3 is 0 Å². The molecule has 3 saturated heterocycles. The summed E-state index contributed by atoms with van der Waals surface area (Å²) in [7, 11) is 0. The van der Waals surface area contributed by atoms with Crippen molar-refractivity contribution in [3.8, 4) is 0 Å². The molecule has 1 spiro atoms. The van der Waals surface area contributed by atoms with E-state index in [0.29, 0.717) is 21.8 Å². The first kappa shape index (κ1) is 10.8. The Morgan fingerprint density at radius 1 is 0.824 bits per heavy atom. The van der Waals surface area contributed by atoms with E-state index in [0.717, 1.165) is 11.8 Å². The second-order valence-electron chi connectivity index (χ2n) is 8.97. The molecule has 1 heteroatoms. The normalized spacial score (nSPS) is 72.2. The van der Waals surface area contributed by atoms with Crippen molar-refractivity contribution in [3.63, 3.8) is 0 Å². The lowest BCUT2D eigenvalue weighted by Gasteiger charge is -2.70. The van der Waals surface area contributed by atoms with Gasteiger partial charge < -0.3 is 0 Å². The molecule has 4 bridgehead atoms. The van der Waals surface area contributed by atoms with Gasteiger partial charge in [-0.2, -0.15) is 0 Å². The highest BCUT2D eigenvalue weighted by Crippen LogP contribution is 2.77. The van der Waals surface area contributed by atoms with Gasteiger partial charge in [0, 0.05) is 18.6 Å². The van der Waals surface area contributed by atoms with Gasteiger partial charge in [0.05, 0.1) is 0 Å². The molecule has 0 radical (unpaired) electrons. The molecule has 0 aromatic carbocycles. The van der Waals surface area contributed by atoms with Gasteiger partial charge in [-0.25, -0.2) is 0 Å². The first-order chi connectivity index (χ1) is 7.75. The Morgan fingerprint density at radius 2 is 1.29 bits per heavy atom. The highest BCUT2D eigenvalue weighted by molar-refractivity contribution is 5.31. The van der Waals surface area contributed by atoms with Crippen LogP contribution in [0.25, 0.3) is 0 Å². The van der Waals surface area contributed by atoms with E-state index < -0.39 is 0 Å². The summed E-state index contributed by atoms with van der Waals surface area (Å²) >= 11 is 0. The summed E-state index contributed by atoms with van der Waals surface area (Å²) in [6.45, 7) is 15.5. The van der Waals surface area contributed by atoms with Crippen molar-refractivity contribution in [2.75, 3.05) is 13.1 Å². The van der Waals surface area contributed by atoms with E-state index in [4.69, 9.17) is 0 Å². The Morgan fingerprint density at radius 3 is 1.65 bits per heavy atom. The fourth-order valence-corrected chi connectivity index (χ4v) is 7.66. The molecule has 3 unspecified atom stereocenters. The summed E-state index contributed by atoms with van der Waals surface area (Å²) in [5.41, 5.74) is 2.43. The lowest BCUT2D eigenvalue weighted by molar-refractivity contribution is -0.210. The highest BCUT2D eigenvalue weighted by Gasteiger charge is 2.78. The van der Waals surface area contributed by atoms with E-state index in [1.54, 1.807) is 0 Å². The summed E-state index contributed by atoms with van der Waals surface area (Å²) < 4.78 is 0. The zero-order chi connectivity index (χ0) is 12.3. The maximum Gasteiger partial charge on any atom is 0.0321 e. The molecule has 0 amide bonds. The molecule has 3 heterocycles. The number of piperidine rings is 3. The second kappa shape index (κ2) is 2.48. The van der Waals surface area contributed by atoms with Crippen LogP contribution in [0.3, 0.4) is 0 Å². The van der Waals surface area contributed by atoms with Crippen LogP contribution in [0.2, 0.25) is 0 Å². The molecule has 2 saturated carbocycles. The quantitative estimate of drug-likeness (QED) is 0.618. The maximum atomic E-state index is 2.93. The Labute approximate surface area is 106 Å². The summed E-state index contributed by atoms with van der Waals surface area (Å²) in [4.78, 5) is 2.93. The minimum Gasteiger partial charge on any atom is -0.295 e. The Hall–Kier alpha value is -0.0400. The molecule has 1 nitrogen and oxygen atoms in total. The lowest BCUT2D eigenvalue weighted by Crippen LogP contribution is -2.72. The first-order valence-corrected chi connectivity index (χ1v) is 7.50. The fraction of sp³-hybridized carbons (Fsp3) is 1.00. The minimum atomic E-state index is 0.590. The van der Waals surface area contributed by atoms with Crippen LogP contribution in [0.5, 0.6) is 0 Å². The van der Waals surface area contributed by atoms with Crippen LogP contribution in [-0.4, -0.2) is 23.5 Å². The Kier molecular flexibility index (Phi) is 1.58. The maximum absolute atomic E-state index is 2.93. The van der Waals surface area contributed by atoms with Crippen molar-refractivity contribution in [1.82, 2.24) is 4.90 Å². The van der Waals surface area contributed by atoms with E-state index in [1.165, 1.54) is 32.4 Å². The van der Waals surface area contributed by atoms with Crippen molar-refractivity contribution < 1.29 is 0 Å². The minimum absolute atomic E-state index is 0.590. The third-order valence-corrected chi connectivity index (χ3v) is 7.15. The van der Waals surface area contributed by atoms with E-state index in [1.807, 2.05) is 0 Å².